The monoisotopic (exact) mass is 537 g/mol. The van der Waals surface area contributed by atoms with Gasteiger partial charge < -0.3 is 19.1 Å². The number of hydrogen-bond donors (Lipinski definition) is 1. The number of carbonyl (C=O) groups excluding carboxylic acids is 1. The molecule has 1 saturated heterocycles. The summed E-state index contributed by atoms with van der Waals surface area (Å²) in [6, 6.07) is 25.7. The van der Waals surface area contributed by atoms with Crippen LogP contribution in [-0.2, 0) is 26.2 Å². The highest BCUT2D eigenvalue weighted by atomic mass is 32.2. The van der Waals surface area contributed by atoms with Crippen molar-refractivity contribution in [3.63, 3.8) is 0 Å². The first kappa shape index (κ1) is 27.6. The Morgan fingerprint density at radius 3 is 2.26 bits per heavy atom. The van der Waals surface area contributed by atoms with Gasteiger partial charge in [-0.3, -0.25) is 9.69 Å². The molecule has 1 fully saturated rings. The zero-order valence-electron chi connectivity index (χ0n) is 21.7. The van der Waals surface area contributed by atoms with E-state index in [4.69, 9.17) is 8.92 Å². The van der Waals surface area contributed by atoms with Crippen molar-refractivity contribution in [3.8, 4) is 16.9 Å². The van der Waals surface area contributed by atoms with Crippen LogP contribution in [0.4, 0.5) is 5.69 Å². The summed E-state index contributed by atoms with van der Waals surface area (Å²) in [6.07, 6.45) is 1.29. The van der Waals surface area contributed by atoms with Crippen molar-refractivity contribution in [3.05, 3.63) is 84.4 Å². The summed E-state index contributed by atoms with van der Waals surface area (Å²) in [5.74, 6) is 0.154. The van der Waals surface area contributed by atoms with E-state index >= 15 is 0 Å². The number of hydrogen-bond acceptors (Lipinski definition) is 7. The fourth-order valence-electron chi connectivity index (χ4n) is 4.41. The summed E-state index contributed by atoms with van der Waals surface area (Å²) in [5, 5.41) is 2.85. The SMILES string of the molecule is CS(=O)(=O)Oc1ccc(CNC(=O)CCOCCN2CCN(c3ccccc3-c3ccccc3)CC2)cc1. The quantitative estimate of drug-likeness (QED) is 0.279. The minimum absolute atomic E-state index is 0.0906. The predicted octanol–water partition coefficient (Wildman–Crippen LogP) is 3.54. The Kier molecular flexibility index (Phi) is 9.75. The maximum absolute atomic E-state index is 12.1. The first-order chi connectivity index (χ1) is 18.4. The summed E-state index contributed by atoms with van der Waals surface area (Å²) in [4.78, 5) is 17.0. The molecule has 0 aliphatic carbocycles. The Hall–Kier alpha value is -3.40. The first-order valence-corrected chi connectivity index (χ1v) is 14.6. The lowest BCUT2D eigenvalue weighted by atomic mass is 10.0. The number of para-hydroxylation sites is 1. The molecule has 4 rings (SSSR count). The Labute approximate surface area is 225 Å². The van der Waals surface area contributed by atoms with Gasteiger partial charge in [0.25, 0.3) is 0 Å². The third kappa shape index (κ3) is 8.58. The topological polar surface area (TPSA) is 88.2 Å². The van der Waals surface area contributed by atoms with E-state index in [0.717, 1.165) is 44.5 Å². The molecule has 0 saturated carbocycles. The molecule has 3 aromatic rings. The molecule has 0 unspecified atom stereocenters. The van der Waals surface area contributed by atoms with Gasteiger partial charge in [0, 0.05) is 56.9 Å². The summed E-state index contributed by atoms with van der Waals surface area (Å²) in [5.41, 5.74) is 4.63. The maximum Gasteiger partial charge on any atom is 0.306 e. The van der Waals surface area contributed by atoms with Crippen LogP contribution >= 0.6 is 0 Å². The van der Waals surface area contributed by atoms with Gasteiger partial charge in [0.1, 0.15) is 5.75 Å². The molecule has 0 bridgehead atoms. The van der Waals surface area contributed by atoms with Crippen molar-refractivity contribution in [2.24, 2.45) is 0 Å². The van der Waals surface area contributed by atoms with E-state index in [2.05, 4.69) is 63.6 Å². The fourth-order valence-corrected chi connectivity index (χ4v) is 4.87. The molecular weight excluding hydrogens is 502 g/mol. The lowest BCUT2D eigenvalue weighted by molar-refractivity contribution is -0.122. The molecule has 1 N–H and O–H groups in total. The van der Waals surface area contributed by atoms with Crippen LogP contribution in [0.3, 0.4) is 0 Å². The molecule has 202 valence electrons. The van der Waals surface area contributed by atoms with Crippen LogP contribution in [0.25, 0.3) is 11.1 Å². The van der Waals surface area contributed by atoms with Gasteiger partial charge in [0.2, 0.25) is 5.91 Å². The standard InChI is InChI=1S/C29H35N3O5S/c1-38(34,35)37-26-13-11-24(12-14-26)23-30-29(33)15-21-36-22-20-31-16-18-32(19-17-31)28-10-6-5-9-27(28)25-7-3-2-4-8-25/h2-14H,15-23H2,1H3,(H,30,33). The summed E-state index contributed by atoms with van der Waals surface area (Å²) in [6.45, 7) is 6.05. The fraction of sp³-hybridized carbons (Fsp3) is 0.345. The number of anilines is 1. The Balaban J connectivity index is 1.11. The van der Waals surface area contributed by atoms with Crippen molar-refractivity contribution < 1.29 is 22.1 Å². The highest BCUT2D eigenvalue weighted by Crippen LogP contribution is 2.31. The van der Waals surface area contributed by atoms with Crippen molar-refractivity contribution in [1.29, 1.82) is 0 Å². The van der Waals surface area contributed by atoms with Gasteiger partial charge in [-0.15, -0.1) is 0 Å². The number of nitrogens with one attached hydrogen (secondary N) is 1. The molecular formula is C29H35N3O5S. The van der Waals surface area contributed by atoms with E-state index < -0.39 is 10.1 Å². The van der Waals surface area contributed by atoms with Gasteiger partial charge in [-0.1, -0.05) is 60.7 Å². The number of amides is 1. The average molecular weight is 538 g/mol. The van der Waals surface area contributed by atoms with Gasteiger partial charge in [-0.2, -0.15) is 8.42 Å². The minimum atomic E-state index is -3.55. The predicted molar refractivity (Wildman–Crippen MR) is 150 cm³/mol. The molecule has 0 atom stereocenters. The van der Waals surface area contributed by atoms with E-state index in [-0.39, 0.29) is 11.7 Å². The van der Waals surface area contributed by atoms with Gasteiger partial charge >= 0.3 is 10.1 Å². The molecule has 1 aliphatic rings. The van der Waals surface area contributed by atoms with Crippen LogP contribution in [-0.4, -0.2) is 71.4 Å². The molecule has 8 nitrogen and oxygen atoms in total. The van der Waals surface area contributed by atoms with Gasteiger partial charge in [-0.25, -0.2) is 0 Å². The van der Waals surface area contributed by atoms with Gasteiger partial charge in [-0.05, 0) is 29.3 Å². The number of rotatable bonds is 12. The molecule has 1 heterocycles. The summed E-state index contributed by atoms with van der Waals surface area (Å²) >= 11 is 0. The number of carbonyl (C=O) groups is 1. The Bertz CT molecular complexity index is 1280. The zero-order chi connectivity index (χ0) is 26.8. The maximum atomic E-state index is 12.1. The molecule has 1 amide bonds. The van der Waals surface area contributed by atoms with E-state index in [1.807, 2.05) is 6.07 Å². The van der Waals surface area contributed by atoms with Crippen LogP contribution in [0.1, 0.15) is 12.0 Å². The van der Waals surface area contributed by atoms with Crippen LogP contribution in [0.2, 0.25) is 0 Å². The second-order valence-corrected chi connectivity index (χ2v) is 10.9. The first-order valence-electron chi connectivity index (χ1n) is 12.8. The number of ether oxygens (including phenoxy) is 1. The van der Waals surface area contributed by atoms with Crippen molar-refractivity contribution in [2.75, 3.05) is 57.1 Å². The molecule has 1 aliphatic heterocycles. The second kappa shape index (κ2) is 13.4. The van der Waals surface area contributed by atoms with E-state index in [1.54, 1.807) is 24.3 Å². The average Bonchev–Trinajstić information content (AvgIpc) is 2.92. The molecule has 3 aromatic carbocycles. The van der Waals surface area contributed by atoms with E-state index in [1.165, 1.54) is 16.8 Å². The highest BCUT2D eigenvalue weighted by Gasteiger charge is 2.19. The van der Waals surface area contributed by atoms with Crippen LogP contribution in [0.15, 0.2) is 78.9 Å². The largest absolute Gasteiger partial charge is 0.383 e. The molecule has 9 heteroatoms. The van der Waals surface area contributed by atoms with Gasteiger partial charge in [0.15, 0.2) is 0 Å². The van der Waals surface area contributed by atoms with E-state index in [9.17, 15) is 13.2 Å². The molecule has 0 radical (unpaired) electrons. The van der Waals surface area contributed by atoms with E-state index in [0.29, 0.717) is 26.2 Å². The third-order valence-electron chi connectivity index (χ3n) is 6.39. The zero-order valence-corrected chi connectivity index (χ0v) is 22.5. The second-order valence-electron chi connectivity index (χ2n) is 9.28. The number of benzene rings is 3. The van der Waals surface area contributed by atoms with Crippen LogP contribution in [0.5, 0.6) is 5.75 Å². The van der Waals surface area contributed by atoms with Crippen molar-refractivity contribution >= 4 is 21.7 Å². The summed E-state index contributed by atoms with van der Waals surface area (Å²) < 4.78 is 32.9. The lowest BCUT2D eigenvalue weighted by Crippen LogP contribution is -2.47. The Morgan fingerprint density at radius 2 is 1.55 bits per heavy atom. The lowest BCUT2D eigenvalue weighted by Gasteiger charge is -2.37. The highest BCUT2D eigenvalue weighted by molar-refractivity contribution is 7.86. The smallest absolute Gasteiger partial charge is 0.306 e. The Morgan fingerprint density at radius 1 is 0.868 bits per heavy atom. The number of piperazine rings is 1. The number of nitrogens with zero attached hydrogens (tertiary/aromatic N) is 2. The van der Waals surface area contributed by atoms with Crippen LogP contribution < -0.4 is 14.4 Å². The molecule has 0 aromatic heterocycles. The third-order valence-corrected chi connectivity index (χ3v) is 6.88. The van der Waals surface area contributed by atoms with Gasteiger partial charge in [0.05, 0.1) is 19.5 Å². The summed E-state index contributed by atoms with van der Waals surface area (Å²) in [7, 11) is -3.55. The van der Waals surface area contributed by atoms with Crippen molar-refractivity contribution in [2.45, 2.75) is 13.0 Å². The van der Waals surface area contributed by atoms with Crippen molar-refractivity contribution in [1.82, 2.24) is 10.2 Å². The minimum Gasteiger partial charge on any atom is -0.383 e. The van der Waals surface area contributed by atoms with Crippen LogP contribution in [0, 0.1) is 0 Å². The molecule has 38 heavy (non-hydrogen) atoms. The normalized spacial score (nSPS) is 14.3. The molecule has 0 spiro atoms.